The topological polar surface area (TPSA) is 32.7 Å². The Hall–Kier alpha value is -1.06. The molecule has 96 valence electrons. The highest BCUT2D eigenvalue weighted by molar-refractivity contribution is 5.32. The van der Waals surface area contributed by atoms with Crippen molar-refractivity contribution in [1.29, 1.82) is 0 Å². The first-order valence-electron chi connectivity index (χ1n) is 6.19. The van der Waals surface area contributed by atoms with Crippen molar-refractivity contribution >= 4 is 0 Å². The van der Waals surface area contributed by atoms with Gasteiger partial charge in [0.1, 0.15) is 5.75 Å². The minimum Gasteiger partial charge on any atom is -0.496 e. The van der Waals surface area contributed by atoms with E-state index in [-0.39, 0.29) is 0 Å². The quantitative estimate of drug-likeness (QED) is 0.704. The third-order valence-corrected chi connectivity index (χ3v) is 2.83. The molecule has 1 N–H and O–H groups in total. The van der Waals surface area contributed by atoms with Gasteiger partial charge in [-0.3, -0.25) is 0 Å². The number of hydrogen-bond acceptors (Lipinski definition) is 3. The minimum atomic E-state index is 0.302. The van der Waals surface area contributed by atoms with E-state index in [4.69, 9.17) is 9.84 Å². The van der Waals surface area contributed by atoms with Crippen molar-refractivity contribution in [3.05, 3.63) is 29.8 Å². The van der Waals surface area contributed by atoms with Crippen LogP contribution in [0.3, 0.4) is 0 Å². The second-order valence-corrected chi connectivity index (χ2v) is 4.33. The number of benzene rings is 1. The predicted molar refractivity (Wildman–Crippen MR) is 70.3 cm³/mol. The SMILES string of the molecule is COc1ccccc1CN(C)CCCCCO. The first-order valence-corrected chi connectivity index (χ1v) is 6.19. The van der Waals surface area contributed by atoms with Crippen molar-refractivity contribution in [2.45, 2.75) is 25.8 Å². The smallest absolute Gasteiger partial charge is 0.123 e. The van der Waals surface area contributed by atoms with Crippen LogP contribution in [0.4, 0.5) is 0 Å². The maximum Gasteiger partial charge on any atom is 0.123 e. The van der Waals surface area contributed by atoms with Gasteiger partial charge >= 0.3 is 0 Å². The molecule has 0 atom stereocenters. The second kappa shape index (κ2) is 8.09. The van der Waals surface area contributed by atoms with Crippen molar-refractivity contribution in [2.24, 2.45) is 0 Å². The molecule has 1 aromatic carbocycles. The average molecular weight is 237 g/mol. The zero-order valence-electron chi connectivity index (χ0n) is 10.9. The fraction of sp³-hybridized carbons (Fsp3) is 0.571. The summed E-state index contributed by atoms with van der Waals surface area (Å²) in [5.74, 6) is 0.953. The van der Waals surface area contributed by atoms with Crippen LogP contribution in [0.15, 0.2) is 24.3 Å². The standard InChI is InChI=1S/C14H23NO2/c1-15(10-6-3-7-11-16)12-13-8-4-5-9-14(13)17-2/h4-5,8-9,16H,3,6-7,10-12H2,1-2H3. The molecule has 3 nitrogen and oxygen atoms in total. The number of unbranched alkanes of at least 4 members (excludes halogenated alkanes) is 2. The molecule has 0 aliphatic heterocycles. The number of hydrogen-bond donors (Lipinski definition) is 1. The van der Waals surface area contributed by atoms with Gasteiger partial charge in [0.05, 0.1) is 7.11 Å². The molecule has 0 saturated heterocycles. The van der Waals surface area contributed by atoms with Gasteiger partial charge in [-0.25, -0.2) is 0 Å². The number of methoxy groups -OCH3 is 1. The van der Waals surface area contributed by atoms with Crippen LogP contribution >= 0.6 is 0 Å². The number of aliphatic hydroxyl groups excluding tert-OH is 1. The summed E-state index contributed by atoms with van der Waals surface area (Å²) in [7, 11) is 3.82. The van der Waals surface area contributed by atoms with Crippen molar-refractivity contribution in [3.8, 4) is 5.75 Å². The first kappa shape index (κ1) is 14.0. The molecule has 0 saturated carbocycles. The van der Waals surface area contributed by atoms with Gasteiger partial charge < -0.3 is 14.7 Å². The summed E-state index contributed by atoms with van der Waals surface area (Å²) < 4.78 is 5.33. The Bertz CT molecular complexity index is 315. The Labute approximate surface area is 104 Å². The Morgan fingerprint density at radius 2 is 1.94 bits per heavy atom. The summed E-state index contributed by atoms with van der Waals surface area (Å²) in [6.45, 7) is 2.26. The minimum absolute atomic E-state index is 0.302. The van der Waals surface area contributed by atoms with Crippen molar-refractivity contribution in [2.75, 3.05) is 27.3 Å². The van der Waals surface area contributed by atoms with Crippen LogP contribution in [0.25, 0.3) is 0 Å². The zero-order chi connectivity index (χ0) is 12.5. The van der Waals surface area contributed by atoms with Gasteiger partial charge in [0.2, 0.25) is 0 Å². The molecule has 0 radical (unpaired) electrons. The lowest BCUT2D eigenvalue weighted by Crippen LogP contribution is -2.19. The van der Waals surface area contributed by atoms with Crippen LogP contribution in [-0.2, 0) is 6.54 Å². The lowest BCUT2D eigenvalue weighted by molar-refractivity contribution is 0.270. The predicted octanol–water partition coefficient (Wildman–Crippen LogP) is 2.29. The highest BCUT2D eigenvalue weighted by Crippen LogP contribution is 2.18. The molecule has 3 heteroatoms. The van der Waals surface area contributed by atoms with Crippen molar-refractivity contribution in [3.63, 3.8) is 0 Å². The molecule has 0 aliphatic carbocycles. The molecule has 0 bridgehead atoms. The van der Waals surface area contributed by atoms with E-state index in [9.17, 15) is 0 Å². The summed E-state index contributed by atoms with van der Waals surface area (Å²) in [4.78, 5) is 2.29. The zero-order valence-corrected chi connectivity index (χ0v) is 10.9. The van der Waals surface area contributed by atoms with Gasteiger partial charge in [-0.2, -0.15) is 0 Å². The third-order valence-electron chi connectivity index (χ3n) is 2.83. The van der Waals surface area contributed by atoms with Crippen LogP contribution in [0.5, 0.6) is 5.75 Å². The van der Waals surface area contributed by atoms with Gasteiger partial charge in [-0.1, -0.05) is 18.2 Å². The molecule has 17 heavy (non-hydrogen) atoms. The largest absolute Gasteiger partial charge is 0.496 e. The van der Waals surface area contributed by atoms with Gasteiger partial charge in [0, 0.05) is 18.7 Å². The van der Waals surface area contributed by atoms with Crippen LogP contribution < -0.4 is 4.74 Å². The molecule has 0 fully saturated rings. The number of ether oxygens (including phenoxy) is 1. The molecular formula is C14H23NO2. The van der Waals surface area contributed by atoms with E-state index in [1.54, 1.807) is 7.11 Å². The second-order valence-electron chi connectivity index (χ2n) is 4.33. The normalized spacial score (nSPS) is 10.8. The molecule has 0 unspecified atom stereocenters. The molecule has 0 heterocycles. The van der Waals surface area contributed by atoms with Crippen LogP contribution in [0.1, 0.15) is 24.8 Å². The fourth-order valence-corrected chi connectivity index (χ4v) is 1.87. The Kier molecular flexibility index (Phi) is 6.67. The van der Waals surface area contributed by atoms with Crippen LogP contribution in [0.2, 0.25) is 0 Å². The Morgan fingerprint density at radius 1 is 1.18 bits per heavy atom. The van der Waals surface area contributed by atoms with Gasteiger partial charge in [-0.05, 0) is 38.9 Å². The van der Waals surface area contributed by atoms with E-state index in [0.29, 0.717) is 6.61 Å². The molecule has 0 spiro atoms. The molecule has 0 amide bonds. The van der Waals surface area contributed by atoms with Crippen LogP contribution in [0, 0.1) is 0 Å². The van der Waals surface area contributed by atoms with E-state index in [0.717, 1.165) is 38.1 Å². The average Bonchev–Trinajstić information content (AvgIpc) is 2.35. The number of para-hydroxylation sites is 1. The number of rotatable bonds is 8. The van der Waals surface area contributed by atoms with Crippen molar-refractivity contribution in [1.82, 2.24) is 4.90 Å². The molecule has 1 rings (SSSR count). The van der Waals surface area contributed by atoms with E-state index >= 15 is 0 Å². The first-order chi connectivity index (χ1) is 8.27. The summed E-state index contributed by atoms with van der Waals surface area (Å²) in [5, 5.41) is 8.70. The van der Waals surface area contributed by atoms with E-state index in [2.05, 4.69) is 18.0 Å². The number of aliphatic hydroxyl groups is 1. The van der Waals surface area contributed by atoms with Gasteiger partial charge in [0.25, 0.3) is 0 Å². The number of nitrogens with zero attached hydrogens (tertiary/aromatic N) is 1. The fourth-order valence-electron chi connectivity index (χ4n) is 1.87. The highest BCUT2D eigenvalue weighted by Gasteiger charge is 2.04. The van der Waals surface area contributed by atoms with Crippen molar-refractivity contribution < 1.29 is 9.84 Å². The highest BCUT2D eigenvalue weighted by atomic mass is 16.5. The molecular weight excluding hydrogens is 214 g/mol. The summed E-state index contributed by atoms with van der Waals surface area (Å²) in [5.41, 5.74) is 1.22. The maximum atomic E-state index is 8.70. The Morgan fingerprint density at radius 3 is 2.65 bits per heavy atom. The lowest BCUT2D eigenvalue weighted by atomic mass is 10.2. The summed E-state index contributed by atoms with van der Waals surface area (Å²) in [6.07, 6.45) is 3.13. The maximum absolute atomic E-state index is 8.70. The summed E-state index contributed by atoms with van der Waals surface area (Å²) >= 11 is 0. The van der Waals surface area contributed by atoms with Crippen LogP contribution in [-0.4, -0.2) is 37.3 Å². The summed E-state index contributed by atoms with van der Waals surface area (Å²) in [6, 6.07) is 8.12. The molecule has 1 aromatic rings. The van der Waals surface area contributed by atoms with E-state index < -0.39 is 0 Å². The monoisotopic (exact) mass is 237 g/mol. The Balaban J connectivity index is 2.36. The molecule has 0 aliphatic rings. The molecule has 0 aromatic heterocycles. The van der Waals surface area contributed by atoms with E-state index in [1.807, 2.05) is 18.2 Å². The van der Waals surface area contributed by atoms with E-state index in [1.165, 1.54) is 5.56 Å². The van der Waals surface area contributed by atoms with Gasteiger partial charge in [0.15, 0.2) is 0 Å². The lowest BCUT2D eigenvalue weighted by Gasteiger charge is -2.18. The van der Waals surface area contributed by atoms with Gasteiger partial charge in [-0.15, -0.1) is 0 Å². The third kappa shape index (κ3) is 5.20.